The van der Waals surface area contributed by atoms with Crippen molar-refractivity contribution in [2.75, 3.05) is 6.61 Å². The van der Waals surface area contributed by atoms with E-state index in [0.717, 1.165) is 6.26 Å². The van der Waals surface area contributed by atoms with Crippen molar-refractivity contribution in [3.8, 4) is 0 Å². The van der Waals surface area contributed by atoms with Crippen LogP contribution in [0.25, 0.3) is 0 Å². The lowest BCUT2D eigenvalue weighted by Gasteiger charge is -2.44. The Morgan fingerprint density at radius 1 is 1.28 bits per heavy atom. The maximum atomic E-state index is 11.6. The first-order chi connectivity index (χ1) is 13.6. The fourth-order valence-electron chi connectivity index (χ4n) is 4.27. The summed E-state index contributed by atoms with van der Waals surface area (Å²) in [5.74, 6) is -3.34. The second kappa shape index (κ2) is 8.14. The molecule has 6 N–H and O–H groups in total. The van der Waals surface area contributed by atoms with Gasteiger partial charge in [-0.25, -0.2) is 4.79 Å². The third kappa shape index (κ3) is 3.84. The van der Waals surface area contributed by atoms with Crippen LogP contribution >= 0.6 is 0 Å². The third-order valence-electron chi connectivity index (χ3n) is 5.70. The summed E-state index contributed by atoms with van der Waals surface area (Å²) < 4.78 is 21.2. The minimum absolute atomic E-state index is 0.0937. The van der Waals surface area contributed by atoms with Gasteiger partial charge in [-0.3, -0.25) is 4.79 Å². The molecule has 12 heteroatoms. The van der Waals surface area contributed by atoms with E-state index < -0.39 is 73.1 Å². The van der Waals surface area contributed by atoms with Crippen molar-refractivity contribution in [2.24, 2.45) is 11.8 Å². The zero-order valence-electron chi connectivity index (χ0n) is 15.4. The zero-order valence-corrected chi connectivity index (χ0v) is 15.4. The van der Waals surface area contributed by atoms with E-state index in [2.05, 4.69) is 0 Å². The van der Waals surface area contributed by atoms with Gasteiger partial charge in [-0.1, -0.05) is 0 Å². The van der Waals surface area contributed by atoms with Gasteiger partial charge in [0.05, 0.1) is 30.0 Å². The van der Waals surface area contributed by atoms with Crippen LogP contribution in [0.1, 0.15) is 13.3 Å². The summed E-state index contributed by atoms with van der Waals surface area (Å²) in [4.78, 5) is 22.4. The second-order valence-corrected chi connectivity index (χ2v) is 7.60. The van der Waals surface area contributed by atoms with Gasteiger partial charge in [-0.05, 0) is 6.92 Å². The molecule has 10 atom stereocenters. The van der Waals surface area contributed by atoms with Gasteiger partial charge >= 0.3 is 5.97 Å². The summed E-state index contributed by atoms with van der Waals surface area (Å²) in [5, 5.41) is 59.5. The van der Waals surface area contributed by atoms with E-state index in [1.165, 1.54) is 6.92 Å². The van der Waals surface area contributed by atoms with Gasteiger partial charge in [0, 0.05) is 12.3 Å². The number of aliphatic hydroxyl groups is 5. The molecular formula is C17H24O12. The molecule has 2 aliphatic heterocycles. The molecule has 2 fully saturated rings. The predicted octanol–water partition coefficient (Wildman–Crippen LogP) is -2.94. The molecule has 0 aromatic carbocycles. The molecule has 0 amide bonds. The van der Waals surface area contributed by atoms with E-state index in [4.69, 9.17) is 18.9 Å². The first kappa shape index (κ1) is 21.9. The van der Waals surface area contributed by atoms with E-state index in [0.29, 0.717) is 0 Å². The lowest BCUT2D eigenvalue weighted by atomic mass is 9.80. The number of carboxylic acids is 1. The molecule has 12 nitrogen and oxygen atoms in total. The van der Waals surface area contributed by atoms with Gasteiger partial charge in [0.25, 0.3) is 6.47 Å². The Labute approximate surface area is 164 Å². The van der Waals surface area contributed by atoms with Crippen LogP contribution in [0.15, 0.2) is 11.8 Å². The van der Waals surface area contributed by atoms with E-state index in [-0.39, 0.29) is 18.5 Å². The molecule has 3 aliphatic rings. The monoisotopic (exact) mass is 420 g/mol. The minimum Gasteiger partial charge on any atom is -0.478 e. The van der Waals surface area contributed by atoms with E-state index in [9.17, 15) is 40.2 Å². The van der Waals surface area contributed by atoms with Crippen molar-refractivity contribution in [2.45, 2.75) is 62.0 Å². The molecule has 164 valence electrons. The van der Waals surface area contributed by atoms with Crippen molar-refractivity contribution in [3.63, 3.8) is 0 Å². The highest BCUT2D eigenvalue weighted by Gasteiger charge is 2.60. The Hall–Kier alpha value is -1.80. The highest BCUT2D eigenvalue weighted by molar-refractivity contribution is 5.87. The largest absolute Gasteiger partial charge is 0.478 e. The second-order valence-electron chi connectivity index (χ2n) is 7.60. The fraction of sp³-hybridized carbons (Fsp3) is 0.765. The number of ether oxygens (including phenoxy) is 4. The summed E-state index contributed by atoms with van der Waals surface area (Å²) >= 11 is 0. The van der Waals surface area contributed by atoms with Crippen LogP contribution in [0.3, 0.4) is 0 Å². The van der Waals surface area contributed by atoms with Crippen LogP contribution in [-0.2, 0) is 28.5 Å². The highest BCUT2D eigenvalue weighted by Crippen LogP contribution is 2.50. The third-order valence-corrected chi connectivity index (χ3v) is 5.70. The maximum Gasteiger partial charge on any atom is 0.335 e. The molecular weight excluding hydrogens is 396 g/mol. The number of aliphatic hydroxyl groups excluding tert-OH is 4. The van der Waals surface area contributed by atoms with Gasteiger partial charge in [0.15, 0.2) is 6.29 Å². The number of carbonyl (C=O) groups excluding carboxylic acids is 1. The van der Waals surface area contributed by atoms with Crippen molar-refractivity contribution in [1.82, 2.24) is 0 Å². The van der Waals surface area contributed by atoms with Crippen LogP contribution in [-0.4, -0.2) is 98.4 Å². The Bertz CT molecular complexity index is 661. The van der Waals surface area contributed by atoms with E-state index in [1.54, 1.807) is 0 Å². The van der Waals surface area contributed by atoms with Gasteiger partial charge in [0.2, 0.25) is 6.29 Å². The maximum absolute atomic E-state index is 11.6. The zero-order chi connectivity index (χ0) is 21.5. The average Bonchev–Trinajstić information content (AvgIpc) is 2.93. The number of carbonyl (C=O) groups is 2. The fourth-order valence-corrected chi connectivity index (χ4v) is 4.27. The Morgan fingerprint density at radius 2 is 1.97 bits per heavy atom. The van der Waals surface area contributed by atoms with E-state index >= 15 is 0 Å². The summed E-state index contributed by atoms with van der Waals surface area (Å²) in [6.45, 7) is 0.889. The van der Waals surface area contributed by atoms with Crippen LogP contribution in [0.2, 0.25) is 0 Å². The smallest absolute Gasteiger partial charge is 0.335 e. The summed E-state index contributed by atoms with van der Waals surface area (Å²) in [6, 6.07) is 0. The Balaban J connectivity index is 1.88. The normalized spacial score (nSPS) is 47.0. The molecule has 0 bridgehead atoms. The van der Waals surface area contributed by atoms with Crippen molar-refractivity contribution in [3.05, 3.63) is 11.8 Å². The number of carboxylic acid groups (broad SMARTS) is 1. The standard InChI is InChI=1S/C17H24O12/c1-17(25)2-7(27-5-19)9-6(14(23)24)4-26-15(10(9)17)29-16-13(22)12(21)11(20)8(3-18)28-16/h4-5,7-13,15-16,18,20-22,25H,2-3H2,1H3,(H,23,24)/t7-,8-,9+,10-,11-,12+,13-,15+,16+,17+/m1/s1. The average molecular weight is 420 g/mol. The molecule has 29 heavy (non-hydrogen) atoms. The number of hydrogen-bond acceptors (Lipinski definition) is 11. The molecule has 0 radical (unpaired) electrons. The van der Waals surface area contributed by atoms with Crippen LogP contribution in [0, 0.1) is 11.8 Å². The van der Waals surface area contributed by atoms with Gasteiger partial charge < -0.3 is 49.6 Å². The molecule has 1 saturated carbocycles. The summed E-state index contributed by atoms with van der Waals surface area (Å²) in [6.07, 6.45) is -9.27. The minimum atomic E-state index is -1.71. The topological polar surface area (TPSA) is 192 Å². The molecule has 0 aromatic heterocycles. The van der Waals surface area contributed by atoms with Gasteiger partial charge in [-0.2, -0.15) is 0 Å². The van der Waals surface area contributed by atoms with Crippen LogP contribution in [0.4, 0.5) is 0 Å². The number of rotatable bonds is 6. The number of fused-ring (bicyclic) bond motifs is 1. The predicted molar refractivity (Wildman–Crippen MR) is 88.6 cm³/mol. The van der Waals surface area contributed by atoms with Crippen molar-refractivity contribution in [1.29, 1.82) is 0 Å². The van der Waals surface area contributed by atoms with Crippen molar-refractivity contribution >= 4 is 12.4 Å². The molecule has 3 rings (SSSR count). The van der Waals surface area contributed by atoms with E-state index in [1.807, 2.05) is 0 Å². The lowest BCUT2D eigenvalue weighted by Crippen LogP contribution is -2.60. The quantitative estimate of drug-likeness (QED) is 0.240. The summed E-state index contributed by atoms with van der Waals surface area (Å²) in [5.41, 5.74) is -1.81. The molecule has 0 unspecified atom stereocenters. The first-order valence-corrected chi connectivity index (χ1v) is 8.98. The molecule has 0 spiro atoms. The van der Waals surface area contributed by atoms with Crippen LogP contribution in [0.5, 0.6) is 0 Å². The first-order valence-electron chi connectivity index (χ1n) is 8.98. The lowest BCUT2D eigenvalue weighted by molar-refractivity contribution is -0.346. The molecule has 2 heterocycles. The Morgan fingerprint density at radius 3 is 2.55 bits per heavy atom. The van der Waals surface area contributed by atoms with Gasteiger partial charge in [0.1, 0.15) is 30.5 Å². The highest BCUT2D eigenvalue weighted by atomic mass is 16.8. The van der Waals surface area contributed by atoms with Gasteiger partial charge in [-0.15, -0.1) is 0 Å². The number of aliphatic carboxylic acids is 1. The number of hydrogen-bond donors (Lipinski definition) is 6. The Kier molecular flexibility index (Phi) is 6.15. The summed E-state index contributed by atoms with van der Waals surface area (Å²) in [7, 11) is 0. The molecule has 1 aliphatic carbocycles. The van der Waals surface area contributed by atoms with Crippen molar-refractivity contribution < 1.29 is 59.2 Å². The molecule has 1 saturated heterocycles. The van der Waals surface area contributed by atoms with Crippen LogP contribution < -0.4 is 0 Å². The SMILES string of the molecule is C[C@]1(O)C[C@@H](OC=O)[C@@H]2C(C(=O)O)=CO[C@@H](O[C@@H]3O[C@H](CO)[C@@H](O)[C@H](O)[C@H]3O)[C@@H]21. The molecule has 0 aromatic rings.